The summed E-state index contributed by atoms with van der Waals surface area (Å²) < 4.78 is 1.62. The summed E-state index contributed by atoms with van der Waals surface area (Å²) in [5, 5.41) is 8.50. The highest BCUT2D eigenvalue weighted by Gasteiger charge is 2.32. The zero-order valence-electron chi connectivity index (χ0n) is 16.9. The summed E-state index contributed by atoms with van der Waals surface area (Å²) in [5.74, 6) is 0.214. The number of pyridine rings is 2. The molecule has 1 aliphatic heterocycles. The molecule has 1 aromatic carbocycles. The van der Waals surface area contributed by atoms with E-state index in [0.29, 0.717) is 23.6 Å². The first-order chi connectivity index (χ1) is 15.1. The topological polar surface area (TPSA) is 111 Å². The molecular formula is C22H21N7O2. The highest BCUT2D eigenvalue weighted by Crippen LogP contribution is 2.31. The molecule has 3 aromatic heterocycles. The van der Waals surface area contributed by atoms with E-state index in [1.54, 1.807) is 10.7 Å². The number of hydrogen-bond acceptors (Lipinski definition) is 6. The second kappa shape index (κ2) is 7.69. The van der Waals surface area contributed by atoms with E-state index in [2.05, 4.69) is 20.4 Å². The van der Waals surface area contributed by atoms with Crippen molar-refractivity contribution in [2.24, 2.45) is 0 Å². The molecule has 0 bridgehead atoms. The number of nitrogens with zero attached hydrogens (tertiary/aromatic N) is 5. The van der Waals surface area contributed by atoms with Gasteiger partial charge in [0.05, 0.1) is 24.0 Å². The predicted molar refractivity (Wildman–Crippen MR) is 116 cm³/mol. The Morgan fingerprint density at radius 2 is 2.03 bits per heavy atom. The number of urea groups is 1. The van der Waals surface area contributed by atoms with E-state index < -0.39 is 0 Å². The van der Waals surface area contributed by atoms with E-state index in [1.807, 2.05) is 61.7 Å². The van der Waals surface area contributed by atoms with E-state index >= 15 is 0 Å². The first kappa shape index (κ1) is 19.0. The van der Waals surface area contributed by atoms with Gasteiger partial charge in [-0.05, 0) is 30.7 Å². The number of benzene rings is 1. The summed E-state index contributed by atoms with van der Waals surface area (Å²) in [4.78, 5) is 27.2. The smallest absolute Gasteiger partial charge is 0.346 e. The molecule has 4 aromatic rings. The Labute approximate surface area is 178 Å². The number of aryl methyl sites for hydroxylation is 1. The van der Waals surface area contributed by atoms with E-state index in [1.165, 1.54) is 5.06 Å². The van der Waals surface area contributed by atoms with Crippen LogP contribution in [0, 0.1) is 6.92 Å². The van der Waals surface area contributed by atoms with Crippen molar-refractivity contribution < 1.29 is 9.63 Å². The zero-order valence-corrected chi connectivity index (χ0v) is 16.9. The van der Waals surface area contributed by atoms with Crippen LogP contribution in [0.25, 0.3) is 16.8 Å². The summed E-state index contributed by atoms with van der Waals surface area (Å²) in [6, 6.07) is 15.0. The molecule has 0 saturated carbocycles. The highest BCUT2D eigenvalue weighted by atomic mass is 16.7. The molecule has 1 saturated heterocycles. The van der Waals surface area contributed by atoms with Gasteiger partial charge in [-0.15, -0.1) is 5.10 Å². The molecule has 0 unspecified atom stereocenters. The van der Waals surface area contributed by atoms with Gasteiger partial charge in [0, 0.05) is 29.9 Å². The van der Waals surface area contributed by atoms with Gasteiger partial charge in [-0.1, -0.05) is 30.3 Å². The van der Waals surface area contributed by atoms with Crippen LogP contribution in [0.2, 0.25) is 0 Å². The lowest BCUT2D eigenvalue weighted by Crippen LogP contribution is -2.33. The second-order valence-electron chi connectivity index (χ2n) is 7.35. The Morgan fingerprint density at radius 1 is 1.19 bits per heavy atom. The number of anilines is 2. The van der Waals surface area contributed by atoms with Crippen LogP contribution in [0.4, 0.5) is 16.4 Å². The van der Waals surface area contributed by atoms with E-state index in [9.17, 15) is 4.79 Å². The lowest BCUT2D eigenvalue weighted by molar-refractivity contribution is -0.0829. The molecule has 9 nitrogen and oxygen atoms in total. The number of hydrogen-bond donors (Lipinski definition) is 2. The van der Waals surface area contributed by atoms with Gasteiger partial charge in [-0.25, -0.2) is 9.31 Å². The Bertz CT molecular complexity index is 1260. The third-order valence-electron chi connectivity index (χ3n) is 5.30. The first-order valence-corrected chi connectivity index (χ1v) is 9.95. The van der Waals surface area contributed by atoms with Gasteiger partial charge < -0.3 is 11.1 Å². The highest BCUT2D eigenvalue weighted by molar-refractivity contribution is 5.90. The van der Waals surface area contributed by atoms with Crippen molar-refractivity contribution in [2.45, 2.75) is 19.4 Å². The zero-order chi connectivity index (χ0) is 21.4. The molecule has 31 heavy (non-hydrogen) atoms. The first-order valence-electron chi connectivity index (χ1n) is 9.95. The van der Waals surface area contributed by atoms with Crippen molar-refractivity contribution in [2.75, 3.05) is 17.7 Å². The Kier molecular flexibility index (Phi) is 4.72. The fourth-order valence-electron chi connectivity index (χ4n) is 3.71. The molecule has 0 radical (unpaired) electrons. The van der Waals surface area contributed by atoms with Crippen LogP contribution in [0.1, 0.15) is 23.7 Å². The number of nitrogen functional groups attached to an aromatic ring is 1. The molecule has 0 spiro atoms. The predicted octanol–water partition coefficient (Wildman–Crippen LogP) is 3.59. The van der Waals surface area contributed by atoms with E-state index in [-0.39, 0.29) is 18.0 Å². The Balaban J connectivity index is 1.40. The number of nitrogens with one attached hydrogen (secondary N) is 1. The number of aromatic nitrogens is 4. The minimum atomic E-state index is -0.326. The van der Waals surface area contributed by atoms with Gasteiger partial charge in [-0.3, -0.25) is 9.82 Å². The second-order valence-corrected chi connectivity index (χ2v) is 7.35. The molecule has 2 amide bonds. The molecule has 3 N–H and O–H groups in total. The number of carbonyl (C=O) groups is 1. The SMILES string of the molecule is Cc1ncc(-c2ccc3nc(N)nn3c2)cc1NC(=O)N1OCC[C@H]1c1ccccc1. The van der Waals surface area contributed by atoms with Gasteiger partial charge in [-0.2, -0.15) is 10.0 Å². The summed E-state index contributed by atoms with van der Waals surface area (Å²) in [7, 11) is 0. The Morgan fingerprint density at radius 3 is 2.87 bits per heavy atom. The maximum atomic E-state index is 13.0. The minimum absolute atomic E-state index is 0.127. The van der Waals surface area contributed by atoms with Crippen molar-refractivity contribution in [3.05, 3.63) is 72.2 Å². The number of rotatable bonds is 3. The summed E-state index contributed by atoms with van der Waals surface area (Å²) >= 11 is 0. The monoisotopic (exact) mass is 415 g/mol. The van der Waals surface area contributed by atoms with Crippen LogP contribution in [-0.4, -0.2) is 37.3 Å². The van der Waals surface area contributed by atoms with Crippen molar-refractivity contribution in [1.82, 2.24) is 24.6 Å². The van der Waals surface area contributed by atoms with Gasteiger partial charge in [0.25, 0.3) is 0 Å². The average molecular weight is 415 g/mol. The molecule has 0 aliphatic carbocycles. The molecule has 9 heteroatoms. The number of fused-ring (bicyclic) bond motifs is 1. The lowest BCUT2D eigenvalue weighted by atomic mass is 10.1. The standard InChI is InChI=1S/C22H21N7O2/c1-14-18(25-22(30)29-19(9-10-31-29)15-5-3-2-4-6-15)11-17(12-24-14)16-7-8-20-26-21(23)27-28(20)13-16/h2-8,11-13,19H,9-10H2,1H3,(H2,23,27)(H,25,30)/t19-/m0/s1. The molecule has 1 fully saturated rings. The molecule has 156 valence electrons. The van der Waals surface area contributed by atoms with Gasteiger partial charge in [0.2, 0.25) is 5.95 Å². The summed E-state index contributed by atoms with van der Waals surface area (Å²) in [6.07, 6.45) is 4.33. The summed E-state index contributed by atoms with van der Waals surface area (Å²) in [5.41, 5.74) is 10.4. The average Bonchev–Trinajstić information content (AvgIpc) is 3.41. The molecule has 4 heterocycles. The largest absolute Gasteiger partial charge is 0.366 e. The van der Waals surface area contributed by atoms with Crippen LogP contribution in [0.3, 0.4) is 0 Å². The summed E-state index contributed by atoms with van der Waals surface area (Å²) in [6.45, 7) is 2.34. The van der Waals surface area contributed by atoms with E-state index in [0.717, 1.165) is 23.1 Å². The molecule has 1 aliphatic rings. The fourth-order valence-corrected chi connectivity index (χ4v) is 3.71. The Hall–Kier alpha value is -3.98. The van der Waals surface area contributed by atoms with Crippen molar-refractivity contribution >= 4 is 23.3 Å². The van der Waals surface area contributed by atoms with Crippen molar-refractivity contribution in [3.63, 3.8) is 0 Å². The van der Waals surface area contributed by atoms with Crippen molar-refractivity contribution in [3.8, 4) is 11.1 Å². The van der Waals surface area contributed by atoms with Crippen molar-refractivity contribution in [1.29, 1.82) is 0 Å². The van der Waals surface area contributed by atoms with Crippen LogP contribution >= 0.6 is 0 Å². The maximum absolute atomic E-state index is 13.0. The number of nitrogens with two attached hydrogens (primary N) is 1. The third-order valence-corrected chi connectivity index (χ3v) is 5.30. The number of carbonyl (C=O) groups excluding carboxylic acids is 1. The molecule has 1 atom stereocenters. The number of hydroxylamine groups is 2. The van der Waals surface area contributed by atoms with Crippen LogP contribution < -0.4 is 11.1 Å². The fraction of sp³-hybridized carbons (Fsp3) is 0.182. The van der Waals surface area contributed by atoms with Gasteiger partial charge in [0.15, 0.2) is 5.65 Å². The molecule has 5 rings (SSSR count). The third kappa shape index (κ3) is 3.66. The lowest BCUT2D eigenvalue weighted by Gasteiger charge is -2.23. The van der Waals surface area contributed by atoms with Gasteiger partial charge >= 0.3 is 6.03 Å². The van der Waals surface area contributed by atoms with Crippen LogP contribution in [0.15, 0.2) is 60.9 Å². The number of amides is 2. The minimum Gasteiger partial charge on any atom is -0.366 e. The van der Waals surface area contributed by atoms with Crippen LogP contribution in [0.5, 0.6) is 0 Å². The van der Waals surface area contributed by atoms with Crippen LogP contribution in [-0.2, 0) is 4.84 Å². The quantitative estimate of drug-likeness (QED) is 0.529. The maximum Gasteiger partial charge on any atom is 0.346 e. The van der Waals surface area contributed by atoms with Gasteiger partial charge in [0.1, 0.15) is 0 Å². The molecular weight excluding hydrogens is 394 g/mol. The normalized spacial score (nSPS) is 16.0. The van der Waals surface area contributed by atoms with E-state index in [4.69, 9.17) is 10.6 Å².